The van der Waals surface area contributed by atoms with Crippen LogP contribution in [0.3, 0.4) is 0 Å². The summed E-state index contributed by atoms with van der Waals surface area (Å²) >= 11 is 12.5. The van der Waals surface area contributed by atoms with Gasteiger partial charge in [-0.1, -0.05) is 47.5 Å². The number of imide groups is 2. The van der Waals surface area contributed by atoms with Crippen LogP contribution in [0.25, 0.3) is 5.57 Å². The minimum atomic E-state index is -2.96. The smallest absolute Gasteiger partial charge is 0.293 e. The molecule has 2 saturated heterocycles. The van der Waals surface area contributed by atoms with Crippen LogP contribution in [0, 0.1) is 0 Å². The van der Waals surface area contributed by atoms with E-state index in [1.54, 1.807) is 17.0 Å². The summed E-state index contributed by atoms with van der Waals surface area (Å²) in [7, 11) is 0. The van der Waals surface area contributed by atoms with Gasteiger partial charge in [-0.3, -0.25) is 29.5 Å². The minimum Gasteiger partial charge on any atom is -0.293 e. The summed E-state index contributed by atoms with van der Waals surface area (Å²) in [5.74, 6) is -4.81. The van der Waals surface area contributed by atoms with E-state index in [9.17, 15) is 19.2 Å². The number of nitrogens with zero attached hydrogens (tertiary/aromatic N) is 4. The number of benzene rings is 2. The van der Waals surface area contributed by atoms with Crippen molar-refractivity contribution >= 4 is 52.5 Å². The maximum absolute atomic E-state index is 15.5. The first-order valence-electron chi connectivity index (χ1n) is 13.6. The maximum Gasteiger partial charge on any atom is 0.343 e. The number of halogens is 4. The molecule has 5 amide bonds. The Balaban J connectivity index is 1.10. The molecule has 2 fully saturated rings. The van der Waals surface area contributed by atoms with E-state index in [1.165, 1.54) is 12.1 Å². The van der Waals surface area contributed by atoms with Gasteiger partial charge in [0.1, 0.15) is 0 Å². The van der Waals surface area contributed by atoms with Crippen molar-refractivity contribution in [3.8, 4) is 0 Å². The number of fused-ring (bicyclic) bond motifs is 1. The van der Waals surface area contributed by atoms with Crippen LogP contribution in [0.1, 0.15) is 51.1 Å². The predicted octanol–water partition coefficient (Wildman–Crippen LogP) is 4.45. The van der Waals surface area contributed by atoms with Gasteiger partial charge in [0.15, 0.2) is 0 Å². The van der Waals surface area contributed by atoms with Gasteiger partial charge in [0.25, 0.3) is 17.7 Å². The van der Waals surface area contributed by atoms with E-state index in [4.69, 9.17) is 23.2 Å². The van der Waals surface area contributed by atoms with Gasteiger partial charge in [-0.25, -0.2) is 18.6 Å². The number of nitrogens with one attached hydrogen (secondary N) is 1. The first kappa shape index (κ1) is 28.7. The van der Waals surface area contributed by atoms with Gasteiger partial charge in [-0.2, -0.15) is 5.01 Å². The van der Waals surface area contributed by atoms with Gasteiger partial charge in [0, 0.05) is 32.6 Å². The molecule has 0 saturated carbocycles. The number of rotatable bonds is 5. The molecular formula is C29H27Cl2F2N5O4. The van der Waals surface area contributed by atoms with Crippen molar-refractivity contribution in [1.82, 2.24) is 25.1 Å². The van der Waals surface area contributed by atoms with Crippen LogP contribution in [-0.2, 0) is 11.3 Å². The lowest BCUT2D eigenvalue weighted by molar-refractivity contribution is -0.127. The van der Waals surface area contributed by atoms with Crippen molar-refractivity contribution in [3.05, 3.63) is 74.8 Å². The summed E-state index contributed by atoms with van der Waals surface area (Å²) in [5.41, 5.74) is 2.65. The first-order valence-corrected chi connectivity index (χ1v) is 14.4. The Labute approximate surface area is 250 Å². The quantitative estimate of drug-likeness (QED) is 0.499. The molecule has 0 radical (unpaired) electrons. The summed E-state index contributed by atoms with van der Waals surface area (Å²) in [6.07, 6.45) is 2.76. The minimum absolute atomic E-state index is 0.0420. The molecule has 6 rings (SSSR count). The van der Waals surface area contributed by atoms with E-state index >= 15 is 8.78 Å². The SMILES string of the molecule is O=C1CCN(N2C(=O)c3ccc(CN4CCC(N5CC=C(c6cccc(Cl)c6Cl)CC5)C(F)(F)C4)cc3C2=O)C(=O)N1. The number of hydrogen-bond donors (Lipinski definition) is 1. The lowest BCUT2D eigenvalue weighted by Gasteiger charge is -2.44. The number of urea groups is 1. The van der Waals surface area contributed by atoms with Crippen LogP contribution in [-0.4, -0.2) is 88.3 Å². The molecule has 4 heterocycles. The summed E-state index contributed by atoms with van der Waals surface area (Å²) in [5, 5.41) is 4.67. The number of carbonyl (C=O) groups excluding carboxylic acids is 4. The normalized spacial score (nSPS) is 23.2. The highest BCUT2D eigenvalue weighted by Crippen LogP contribution is 2.37. The Morgan fingerprint density at radius 1 is 0.929 bits per heavy atom. The second-order valence-corrected chi connectivity index (χ2v) is 11.7. The van der Waals surface area contributed by atoms with Gasteiger partial charge in [0.05, 0.1) is 40.3 Å². The van der Waals surface area contributed by atoms with E-state index < -0.39 is 42.3 Å². The molecule has 0 aromatic heterocycles. The Hall–Kier alpha value is -3.38. The van der Waals surface area contributed by atoms with Crippen LogP contribution in [0.5, 0.6) is 0 Å². The zero-order valence-electron chi connectivity index (χ0n) is 22.4. The topological polar surface area (TPSA) is 93.3 Å². The lowest BCUT2D eigenvalue weighted by atomic mass is 9.94. The van der Waals surface area contributed by atoms with Crippen molar-refractivity contribution in [2.24, 2.45) is 0 Å². The fourth-order valence-corrected chi connectivity index (χ4v) is 6.57. The Kier molecular flexibility index (Phi) is 7.55. The summed E-state index contributed by atoms with van der Waals surface area (Å²) in [4.78, 5) is 53.2. The molecule has 1 unspecified atom stereocenters. The van der Waals surface area contributed by atoms with Crippen LogP contribution in [0.2, 0.25) is 10.0 Å². The largest absolute Gasteiger partial charge is 0.343 e. The van der Waals surface area contributed by atoms with Crippen LogP contribution in [0.15, 0.2) is 42.5 Å². The summed E-state index contributed by atoms with van der Waals surface area (Å²) in [6, 6.07) is 8.30. The fraction of sp³-hybridized carbons (Fsp3) is 0.379. The zero-order chi connectivity index (χ0) is 29.8. The monoisotopic (exact) mass is 617 g/mol. The molecule has 9 nitrogen and oxygen atoms in total. The van der Waals surface area contributed by atoms with Gasteiger partial charge in [0.2, 0.25) is 5.91 Å². The van der Waals surface area contributed by atoms with E-state index in [2.05, 4.69) is 5.32 Å². The average molecular weight is 618 g/mol. The molecule has 0 bridgehead atoms. The van der Waals surface area contributed by atoms with Gasteiger partial charge >= 0.3 is 6.03 Å². The highest BCUT2D eigenvalue weighted by atomic mass is 35.5. The third-order valence-electron chi connectivity index (χ3n) is 8.23. The second-order valence-electron chi connectivity index (χ2n) is 10.9. The van der Waals surface area contributed by atoms with Crippen molar-refractivity contribution in [1.29, 1.82) is 0 Å². The Morgan fingerprint density at radius 2 is 1.71 bits per heavy atom. The molecule has 13 heteroatoms. The number of likely N-dealkylation sites (tertiary alicyclic amines) is 1. The third-order valence-corrected chi connectivity index (χ3v) is 9.05. The van der Waals surface area contributed by atoms with Crippen molar-refractivity contribution in [3.63, 3.8) is 0 Å². The third kappa shape index (κ3) is 5.19. The van der Waals surface area contributed by atoms with Crippen molar-refractivity contribution in [2.75, 3.05) is 32.7 Å². The zero-order valence-corrected chi connectivity index (χ0v) is 23.9. The number of alkyl halides is 2. The van der Waals surface area contributed by atoms with E-state index in [1.807, 2.05) is 23.1 Å². The molecule has 1 atom stereocenters. The molecule has 2 aromatic carbocycles. The van der Waals surface area contributed by atoms with Crippen LogP contribution in [0.4, 0.5) is 13.6 Å². The molecular weight excluding hydrogens is 591 g/mol. The van der Waals surface area contributed by atoms with Gasteiger partial charge < -0.3 is 0 Å². The molecule has 4 aliphatic rings. The lowest BCUT2D eigenvalue weighted by Crippen LogP contribution is -2.58. The Bertz CT molecular complexity index is 1530. The number of carbonyl (C=O) groups is 4. The molecule has 1 N–H and O–H groups in total. The first-order chi connectivity index (χ1) is 20.0. The number of hydrazine groups is 1. The molecule has 42 heavy (non-hydrogen) atoms. The van der Waals surface area contributed by atoms with Gasteiger partial charge in [-0.15, -0.1) is 0 Å². The number of piperidine rings is 1. The maximum atomic E-state index is 15.5. The van der Waals surface area contributed by atoms with Crippen molar-refractivity contribution in [2.45, 2.75) is 37.8 Å². The predicted molar refractivity (Wildman–Crippen MR) is 151 cm³/mol. The number of hydrogen-bond acceptors (Lipinski definition) is 6. The van der Waals surface area contributed by atoms with E-state index in [0.717, 1.165) is 21.2 Å². The fourth-order valence-electron chi connectivity index (χ4n) is 6.14. The molecule has 0 aliphatic carbocycles. The molecule has 2 aromatic rings. The average Bonchev–Trinajstić information content (AvgIpc) is 3.19. The highest BCUT2D eigenvalue weighted by Gasteiger charge is 2.48. The van der Waals surface area contributed by atoms with E-state index in [-0.39, 0.29) is 37.1 Å². The molecule has 220 valence electrons. The van der Waals surface area contributed by atoms with E-state index in [0.29, 0.717) is 41.7 Å². The summed E-state index contributed by atoms with van der Waals surface area (Å²) < 4.78 is 31.0. The number of amides is 5. The van der Waals surface area contributed by atoms with Gasteiger partial charge in [-0.05, 0) is 47.7 Å². The van der Waals surface area contributed by atoms with Crippen LogP contribution >= 0.6 is 23.2 Å². The standard InChI is InChI=1S/C29H27Cl2F2N5O4/c30-22-3-1-2-19(25(22)31)18-6-11-36(12-7-18)23-8-10-35(16-29(23,32)33)15-17-4-5-20-21(14-17)27(41)38(26(20)40)37-13-9-24(39)34-28(37)42/h1-6,14,23H,7-13,15-16H2,(H,34,39,42). The molecule has 4 aliphatic heterocycles. The second kappa shape index (κ2) is 11.0. The highest BCUT2D eigenvalue weighted by molar-refractivity contribution is 6.43. The van der Waals surface area contributed by atoms with Crippen LogP contribution < -0.4 is 5.32 Å². The Morgan fingerprint density at radius 3 is 2.43 bits per heavy atom. The molecule has 0 spiro atoms. The summed E-state index contributed by atoms with van der Waals surface area (Å²) in [6.45, 7) is 0.936. The van der Waals surface area contributed by atoms with Crippen molar-refractivity contribution < 1.29 is 28.0 Å².